The van der Waals surface area contributed by atoms with Crippen molar-refractivity contribution in [3.05, 3.63) is 84.4 Å². The van der Waals surface area contributed by atoms with Crippen LogP contribution >= 0.6 is 0 Å². The van der Waals surface area contributed by atoms with Gasteiger partial charge in [-0.2, -0.15) is 8.78 Å². The topological polar surface area (TPSA) is 27.7 Å². The fourth-order valence-corrected chi connectivity index (χ4v) is 6.72. The van der Waals surface area contributed by atoms with Gasteiger partial charge in [0.05, 0.1) is 19.8 Å². The molecule has 3 fully saturated rings. The van der Waals surface area contributed by atoms with E-state index in [9.17, 15) is 8.78 Å². The molecule has 2 saturated carbocycles. The smallest absolute Gasteiger partial charge is 0.203 e. The van der Waals surface area contributed by atoms with E-state index in [-0.39, 0.29) is 12.4 Å². The molecule has 4 rings (SSSR count). The van der Waals surface area contributed by atoms with E-state index in [0.29, 0.717) is 17.9 Å². The largest absolute Gasteiger partial charge is 0.494 e. The first kappa shape index (κ1) is 28.6. The highest BCUT2D eigenvalue weighted by Gasteiger charge is 2.35. The Kier molecular flexibility index (Phi) is 10.2. The number of allylic oxidation sites excluding steroid dienone is 2. The maximum atomic E-state index is 14.1. The molecule has 0 spiro atoms. The number of hydrogen-bond donors (Lipinski definition) is 0. The molecule has 2 atom stereocenters. The molecule has 1 aromatic carbocycles. The average molecular weight is 527 g/mol. The van der Waals surface area contributed by atoms with Crippen LogP contribution < -0.4 is 0 Å². The first-order chi connectivity index (χ1) is 18.4. The number of methoxy groups -OCH3 is 1. The summed E-state index contributed by atoms with van der Waals surface area (Å²) in [7, 11) is 1.23. The van der Waals surface area contributed by atoms with E-state index in [1.807, 2.05) is 12.1 Å². The van der Waals surface area contributed by atoms with E-state index in [1.165, 1.54) is 76.9 Å². The molecule has 0 bridgehead atoms. The summed E-state index contributed by atoms with van der Waals surface area (Å²) in [4.78, 5) is 0. The van der Waals surface area contributed by atoms with Gasteiger partial charge in [0, 0.05) is 5.92 Å². The third-order valence-electron chi connectivity index (χ3n) is 9.25. The Bertz CT molecular complexity index is 974. The zero-order chi connectivity index (χ0) is 27.1. The molecule has 0 radical (unpaired) electrons. The van der Waals surface area contributed by atoms with Crippen LogP contribution in [0.4, 0.5) is 8.78 Å². The fraction of sp³-hybridized carbons (Fsp3) is 0.576. The summed E-state index contributed by atoms with van der Waals surface area (Å²) in [6.45, 7) is 11.7. The third-order valence-corrected chi connectivity index (χ3v) is 9.25. The average Bonchev–Trinajstić information content (AvgIpc) is 2.99. The maximum absolute atomic E-state index is 14.1. The van der Waals surface area contributed by atoms with Gasteiger partial charge in [0.25, 0.3) is 0 Å². The molecule has 3 nitrogen and oxygen atoms in total. The van der Waals surface area contributed by atoms with Crippen molar-refractivity contribution in [2.75, 3.05) is 13.7 Å². The van der Waals surface area contributed by atoms with Crippen LogP contribution in [0.3, 0.4) is 0 Å². The lowest BCUT2D eigenvalue weighted by molar-refractivity contribution is -0.0517. The number of halogens is 2. The van der Waals surface area contributed by atoms with Crippen LogP contribution in [0.25, 0.3) is 0 Å². The number of ether oxygens (including phenoxy) is 3. The predicted molar refractivity (Wildman–Crippen MR) is 149 cm³/mol. The van der Waals surface area contributed by atoms with Gasteiger partial charge in [-0.05, 0) is 99.0 Å². The molecule has 1 heterocycles. The summed E-state index contributed by atoms with van der Waals surface area (Å²) in [5.41, 5.74) is 2.25. The maximum Gasteiger partial charge on any atom is 0.203 e. The SMILES string of the molecule is C=CC1CCC(C2CCC(C3CCC(c4ccc(COC(=C)/C(F)=C(/F)C(=C)OC)cc4)CC3)CC2)OC1. The lowest BCUT2D eigenvalue weighted by Gasteiger charge is -2.41. The van der Waals surface area contributed by atoms with Crippen LogP contribution in [0.15, 0.2) is 73.3 Å². The van der Waals surface area contributed by atoms with Gasteiger partial charge in [-0.3, -0.25) is 0 Å². The van der Waals surface area contributed by atoms with E-state index in [1.54, 1.807) is 0 Å². The normalized spacial score (nSPS) is 30.6. The summed E-state index contributed by atoms with van der Waals surface area (Å²) in [5, 5.41) is 0. The fourth-order valence-electron chi connectivity index (χ4n) is 6.72. The second kappa shape index (κ2) is 13.6. The molecular weight excluding hydrogens is 482 g/mol. The molecule has 1 aliphatic heterocycles. The van der Waals surface area contributed by atoms with Gasteiger partial charge in [0.2, 0.25) is 11.7 Å². The number of benzene rings is 1. The molecule has 2 unspecified atom stereocenters. The second-order valence-electron chi connectivity index (χ2n) is 11.4. The molecule has 1 aromatic rings. The third kappa shape index (κ3) is 7.16. The van der Waals surface area contributed by atoms with E-state index in [0.717, 1.165) is 29.9 Å². The van der Waals surface area contributed by atoms with Crippen molar-refractivity contribution in [3.8, 4) is 0 Å². The van der Waals surface area contributed by atoms with Crippen molar-refractivity contribution >= 4 is 0 Å². The molecule has 5 heteroatoms. The van der Waals surface area contributed by atoms with Crippen LogP contribution in [-0.2, 0) is 20.8 Å². The number of hydrogen-bond acceptors (Lipinski definition) is 3. The van der Waals surface area contributed by atoms with Gasteiger partial charge in [-0.15, -0.1) is 6.58 Å². The molecule has 1 saturated heterocycles. The molecule has 38 heavy (non-hydrogen) atoms. The standard InChI is InChI=1S/C33H44F2O3/c1-5-24-8-19-31(38-20-24)30-17-15-29(16-18-30)28-13-11-27(12-14-28)26-9-6-25(7-10-26)21-37-23(3)33(35)32(34)22(2)36-4/h5-7,9-10,24,27-31H,1-3,8,11-21H2,4H3/b33-32-. The molecule has 0 aromatic heterocycles. The van der Waals surface area contributed by atoms with Gasteiger partial charge < -0.3 is 14.2 Å². The lowest BCUT2D eigenvalue weighted by Crippen LogP contribution is -2.35. The highest BCUT2D eigenvalue weighted by molar-refractivity contribution is 5.30. The van der Waals surface area contributed by atoms with E-state index in [2.05, 4.69) is 42.7 Å². The van der Waals surface area contributed by atoms with Crippen molar-refractivity contribution in [1.29, 1.82) is 0 Å². The van der Waals surface area contributed by atoms with Crippen molar-refractivity contribution in [2.45, 2.75) is 82.8 Å². The summed E-state index contributed by atoms with van der Waals surface area (Å²) >= 11 is 0. The Hall–Kier alpha value is -2.40. The van der Waals surface area contributed by atoms with Crippen molar-refractivity contribution in [2.24, 2.45) is 23.7 Å². The van der Waals surface area contributed by atoms with Gasteiger partial charge in [-0.1, -0.05) is 43.5 Å². The first-order valence-corrected chi connectivity index (χ1v) is 14.3. The summed E-state index contributed by atoms with van der Waals surface area (Å²) in [5.74, 6) is 0.484. The lowest BCUT2D eigenvalue weighted by atomic mass is 9.67. The Morgan fingerprint density at radius 2 is 1.42 bits per heavy atom. The second-order valence-corrected chi connectivity index (χ2v) is 11.4. The van der Waals surface area contributed by atoms with E-state index in [4.69, 9.17) is 9.47 Å². The zero-order valence-corrected chi connectivity index (χ0v) is 22.9. The van der Waals surface area contributed by atoms with Gasteiger partial charge in [0.15, 0.2) is 11.5 Å². The van der Waals surface area contributed by atoms with Gasteiger partial charge >= 0.3 is 0 Å². The Balaban J connectivity index is 1.19. The van der Waals surface area contributed by atoms with Gasteiger partial charge in [-0.25, -0.2) is 0 Å². The van der Waals surface area contributed by atoms with Crippen molar-refractivity contribution < 1.29 is 23.0 Å². The summed E-state index contributed by atoms with van der Waals surface area (Å²) in [6, 6.07) is 8.32. The highest BCUT2D eigenvalue weighted by atomic mass is 19.2. The van der Waals surface area contributed by atoms with Crippen LogP contribution in [0.1, 0.15) is 81.3 Å². The van der Waals surface area contributed by atoms with Crippen molar-refractivity contribution in [3.63, 3.8) is 0 Å². The Morgan fingerprint density at radius 1 is 0.842 bits per heavy atom. The van der Waals surface area contributed by atoms with E-state index < -0.39 is 17.4 Å². The molecular formula is C33H44F2O3. The zero-order valence-electron chi connectivity index (χ0n) is 22.9. The summed E-state index contributed by atoms with van der Waals surface area (Å²) in [6.07, 6.45) is 15.5. The van der Waals surface area contributed by atoms with E-state index >= 15 is 0 Å². The minimum Gasteiger partial charge on any atom is -0.494 e. The van der Waals surface area contributed by atoms with Crippen LogP contribution in [0.5, 0.6) is 0 Å². The van der Waals surface area contributed by atoms with Crippen molar-refractivity contribution in [1.82, 2.24) is 0 Å². The molecule has 208 valence electrons. The Labute approximate surface area is 227 Å². The minimum atomic E-state index is -1.20. The quantitative estimate of drug-likeness (QED) is 0.173. The first-order valence-electron chi connectivity index (χ1n) is 14.3. The summed E-state index contributed by atoms with van der Waals surface area (Å²) < 4.78 is 44.1. The van der Waals surface area contributed by atoms with Crippen LogP contribution in [0, 0.1) is 23.7 Å². The predicted octanol–water partition coefficient (Wildman–Crippen LogP) is 9.09. The highest BCUT2D eigenvalue weighted by Crippen LogP contribution is 2.45. The van der Waals surface area contributed by atoms with Gasteiger partial charge in [0.1, 0.15) is 6.61 Å². The molecule has 3 aliphatic rings. The Morgan fingerprint density at radius 3 is 1.97 bits per heavy atom. The molecule has 0 N–H and O–H groups in total. The van der Waals surface area contributed by atoms with Crippen LogP contribution in [-0.4, -0.2) is 19.8 Å². The monoisotopic (exact) mass is 526 g/mol. The number of rotatable bonds is 10. The minimum absolute atomic E-state index is 0.120. The van der Waals surface area contributed by atoms with Crippen LogP contribution in [0.2, 0.25) is 0 Å². The molecule has 2 aliphatic carbocycles. The molecule has 0 amide bonds.